The van der Waals surface area contributed by atoms with Crippen molar-refractivity contribution in [3.63, 3.8) is 0 Å². The fourth-order valence-corrected chi connectivity index (χ4v) is 2.29. The van der Waals surface area contributed by atoms with Crippen LogP contribution in [0.1, 0.15) is 15.9 Å². The Morgan fingerprint density at radius 3 is 2.94 bits per heavy atom. The van der Waals surface area contributed by atoms with Gasteiger partial charge in [-0.05, 0) is 24.6 Å². The van der Waals surface area contributed by atoms with Crippen LogP contribution in [0.5, 0.6) is 0 Å². The van der Waals surface area contributed by atoms with Gasteiger partial charge >= 0.3 is 0 Å². The van der Waals surface area contributed by atoms with E-state index < -0.39 is 0 Å². The average molecular weight is 244 g/mol. The average Bonchev–Trinajstić information content (AvgIpc) is 2.82. The molecule has 1 saturated heterocycles. The van der Waals surface area contributed by atoms with Crippen LogP contribution < -0.4 is 5.32 Å². The second-order valence-corrected chi connectivity index (χ2v) is 4.63. The molecule has 3 heterocycles. The Kier molecular flexibility index (Phi) is 2.76. The molecule has 94 valence electrons. The van der Waals surface area contributed by atoms with Crippen molar-refractivity contribution < 1.29 is 4.79 Å². The molecule has 1 fully saturated rings. The lowest BCUT2D eigenvalue weighted by Gasteiger charge is -2.27. The van der Waals surface area contributed by atoms with Crippen LogP contribution in [0.15, 0.2) is 24.5 Å². The first-order valence-corrected chi connectivity index (χ1v) is 6.20. The van der Waals surface area contributed by atoms with Crippen molar-refractivity contribution >= 4 is 11.4 Å². The van der Waals surface area contributed by atoms with Gasteiger partial charge in [-0.1, -0.05) is 0 Å². The van der Waals surface area contributed by atoms with Crippen LogP contribution in [0.2, 0.25) is 0 Å². The van der Waals surface area contributed by atoms with Crippen molar-refractivity contribution in [1.82, 2.24) is 19.8 Å². The fourth-order valence-electron chi connectivity index (χ4n) is 2.29. The number of carbonyl (C=O) groups is 1. The molecule has 0 aromatic carbocycles. The van der Waals surface area contributed by atoms with Crippen LogP contribution in [-0.2, 0) is 0 Å². The van der Waals surface area contributed by atoms with Gasteiger partial charge in [0.25, 0.3) is 5.91 Å². The summed E-state index contributed by atoms with van der Waals surface area (Å²) >= 11 is 0. The molecule has 5 nitrogen and oxygen atoms in total. The van der Waals surface area contributed by atoms with E-state index in [0.29, 0.717) is 5.56 Å². The molecule has 18 heavy (non-hydrogen) atoms. The van der Waals surface area contributed by atoms with Gasteiger partial charge in [0.05, 0.1) is 17.3 Å². The maximum Gasteiger partial charge on any atom is 0.257 e. The molecule has 1 amide bonds. The number of fused-ring (bicyclic) bond motifs is 1. The monoisotopic (exact) mass is 244 g/mol. The van der Waals surface area contributed by atoms with Gasteiger partial charge in [0.2, 0.25) is 0 Å². The van der Waals surface area contributed by atoms with Crippen molar-refractivity contribution in [2.24, 2.45) is 0 Å². The van der Waals surface area contributed by atoms with E-state index in [9.17, 15) is 4.79 Å². The minimum atomic E-state index is 0.0806. The number of piperazine rings is 1. The van der Waals surface area contributed by atoms with E-state index in [4.69, 9.17) is 0 Å². The number of pyridine rings is 1. The van der Waals surface area contributed by atoms with E-state index in [2.05, 4.69) is 10.4 Å². The first kappa shape index (κ1) is 11.2. The van der Waals surface area contributed by atoms with E-state index in [-0.39, 0.29) is 5.91 Å². The zero-order valence-corrected chi connectivity index (χ0v) is 10.4. The van der Waals surface area contributed by atoms with Gasteiger partial charge in [-0.3, -0.25) is 4.79 Å². The predicted octanol–water partition coefficient (Wildman–Crippen LogP) is 0.688. The third kappa shape index (κ3) is 1.86. The third-order valence-electron chi connectivity index (χ3n) is 3.31. The zero-order chi connectivity index (χ0) is 12.5. The van der Waals surface area contributed by atoms with Crippen LogP contribution in [0.25, 0.3) is 5.52 Å². The summed E-state index contributed by atoms with van der Waals surface area (Å²) in [5.74, 6) is 0.0806. The summed E-state index contributed by atoms with van der Waals surface area (Å²) in [6.07, 6.45) is 3.55. The summed E-state index contributed by atoms with van der Waals surface area (Å²) in [7, 11) is 0. The molecule has 0 saturated carbocycles. The summed E-state index contributed by atoms with van der Waals surface area (Å²) < 4.78 is 1.75. The van der Waals surface area contributed by atoms with Crippen LogP contribution in [0, 0.1) is 6.92 Å². The lowest BCUT2D eigenvalue weighted by atomic mass is 10.2. The highest BCUT2D eigenvalue weighted by atomic mass is 16.2. The van der Waals surface area contributed by atoms with E-state index in [0.717, 1.165) is 37.3 Å². The molecule has 0 atom stereocenters. The minimum Gasteiger partial charge on any atom is -0.336 e. The van der Waals surface area contributed by atoms with Gasteiger partial charge in [0, 0.05) is 32.4 Å². The first-order chi connectivity index (χ1) is 8.75. The molecule has 0 aliphatic carbocycles. The Bertz CT molecular complexity index is 584. The molecule has 0 unspecified atom stereocenters. The Morgan fingerprint density at radius 2 is 2.17 bits per heavy atom. The van der Waals surface area contributed by atoms with E-state index >= 15 is 0 Å². The van der Waals surface area contributed by atoms with Gasteiger partial charge in [0.15, 0.2) is 0 Å². The Hall–Kier alpha value is -1.88. The lowest BCUT2D eigenvalue weighted by molar-refractivity contribution is 0.0738. The predicted molar refractivity (Wildman–Crippen MR) is 68.7 cm³/mol. The second kappa shape index (κ2) is 4.42. The maximum absolute atomic E-state index is 12.4. The van der Waals surface area contributed by atoms with Gasteiger partial charge in [-0.2, -0.15) is 5.10 Å². The number of amides is 1. The molecule has 1 aliphatic rings. The van der Waals surface area contributed by atoms with E-state index in [1.54, 1.807) is 10.7 Å². The molecule has 0 bridgehead atoms. The summed E-state index contributed by atoms with van der Waals surface area (Å²) in [5, 5.41) is 7.48. The molecule has 1 N–H and O–H groups in total. The number of hydrogen-bond acceptors (Lipinski definition) is 3. The van der Waals surface area contributed by atoms with Gasteiger partial charge in [-0.25, -0.2) is 4.52 Å². The maximum atomic E-state index is 12.4. The standard InChI is InChI=1S/C13H16N4O/c1-10-2-5-17-12(8-10)11(9-15-17)13(18)16-6-3-14-4-7-16/h2,5,8-9,14H,3-4,6-7H2,1H3. The van der Waals surface area contributed by atoms with Crippen molar-refractivity contribution in [3.8, 4) is 0 Å². The molecule has 1 aliphatic heterocycles. The second-order valence-electron chi connectivity index (χ2n) is 4.63. The van der Waals surface area contributed by atoms with Crippen molar-refractivity contribution in [1.29, 1.82) is 0 Å². The number of nitrogens with one attached hydrogen (secondary N) is 1. The molecule has 0 spiro atoms. The first-order valence-electron chi connectivity index (χ1n) is 6.20. The number of hydrogen-bond donors (Lipinski definition) is 1. The Labute approximate surface area is 105 Å². The SMILES string of the molecule is Cc1ccn2ncc(C(=O)N3CCNCC3)c2c1. The number of aromatic nitrogens is 2. The van der Waals surface area contributed by atoms with Gasteiger partial charge < -0.3 is 10.2 Å². The van der Waals surface area contributed by atoms with Crippen molar-refractivity contribution in [2.45, 2.75) is 6.92 Å². The summed E-state index contributed by atoms with van der Waals surface area (Å²) in [4.78, 5) is 14.3. The minimum absolute atomic E-state index is 0.0806. The molecule has 2 aromatic rings. The van der Waals surface area contributed by atoms with Crippen LogP contribution in [-0.4, -0.2) is 46.6 Å². The topological polar surface area (TPSA) is 49.6 Å². The van der Waals surface area contributed by atoms with Crippen LogP contribution in [0.4, 0.5) is 0 Å². The summed E-state index contributed by atoms with van der Waals surface area (Å²) in [6.45, 7) is 5.28. The number of carbonyl (C=O) groups excluding carboxylic acids is 1. The number of aryl methyl sites for hydroxylation is 1. The third-order valence-corrected chi connectivity index (χ3v) is 3.31. The highest BCUT2D eigenvalue weighted by Crippen LogP contribution is 2.15. The zero-order valence-electron chi connectivity index (χ0n) is 10.4. The number of nitrogens with zero attached hydrogens (tertiary/aromatic N) is 3. The Morgan fingerprint density at radius 1 is 1.39 bits per heavy atom. The van der Waals surface area contributed by atoms with Crippen LogP contribution >= 0.6 is 0 Å². The molecule has 3 rings (SSSR count). The van der Waals surface area contributed by atoms with Crippen molar-refractivity contribution in [3.05, 3.63) is 35.7 Å². The Balaban J connectivity index is 1.98. The normalized spacial score (nSPS) is 16.2. The summed E-state index contributed by atoms with van der Waals surface area (Å²) in [5.41, 5.74) is 2.72. The quantitative estimate of drug-likeness (QED) is 0.803. The molecular weight excluding hydrogens is 228 g/mol. The number of rotatable bonds is 1. The van der Waals surface area contributed by atoms with E-state index in [1.807, 2.05) is 30.2 Å². The van der Waals surface area contributed by atoms with Crippen LogP contribution in [0.3, 0.4) is 0 Å². The molecule has 5 heteroatoms. The van der Waals surface area contributed by atoms with E-state index in [1.165, 1.54) is 0 Å². The van der Waals surface area contributed by atoms with Crippen molar-refractivity contribution in [2.75, 3.05) is 26.2 Å². The molecule has 2 aromatic heterocycles. The van der Waals surface area contributed by atoms with Gasteiger partial charge in [0.1, 0.15) is 0 Å². The fraction of sp³-hybridized carbons (Fsp3) is 0.385. The largest absolute Gasteiger partial charge is 0.336 e. The highest BCUT2D eigenvalue weighted by molar-refractivity contribution is 6.00. The molecule has 0 radical (unpaired) electrons. The van der Waals surface area contributed by atoms with Gasteiger partial charge in [-0.15, -0.1) is 0 Å². The smallest absolute Gasteiger partial charge is 0.257 e. The lowest BCUT2D eigenvalue weighted by Crippen LogP contribution is -2.46. The molecular formula is C13H16N4O. The summed E-state index contributed by atoms with van der Waals surface area (Å²) in [6, 6.07) is 3.99. The highest BCUT2D eigenvalue weighted by Gasteiger charge is 2.21.